The molecule has 1 aromatic rings. The minimum absolute atomic E-state index is 0.531. The summed E-state index contributed by atoms with van der Waals surface area (Å²) < 4.78 is 0. The van der Waals surface area contributed by atoms with Gasteiger partial charge in [0.15, 0.2) is 5.13 Å². The van der Waals surface area contributed by atoms with E-state index in [-0.39, 0.29) is 0 Å². The lowest BCUT2D eigenvalue weighted by Gasteiger charge is -2.42. The van der Waals surface area contributed by atoms with Gasteiger partial charge in [0.1, 0.15) is 0 Å². The van der Waals surface area contributed by atoms with Crippen molar-refractivity contribution >= 4 is 16.5 Å². The zero-order valence-corrected chi connectivity index (χ0v) is 11.9. The van der Waals surface area contributed by atoms with Crippen LogP contribution < -0.4 is 5.73 Å². The van der Waals surface area contributed by atoms with Crippen molar-refractivity contribution in [2.75, 3.05) is 18.8 Å². The second-order valence-electron chi connectivity index (χ2n) is 5.75. The Labute approximate surface area is 108 Å². The Hall–Kier alpha value is -0.610. The fraction of sp³-hybridized carbons (Fsp3) is 0.769. The Morgan fingerprint density at radius 2 is 2.12 bits per heavy atom. The van der Waals surface area contributed by atoms with E-state index in [4.69, 9.17) is 5.73 Å². The van der Waals surface area contributed by atoms with E-state index in [1.165, 1.54) is 30.8 Å². The largest absolute Gasteiger partial charge is 0.375 e. The van der Waals surface area contributed by atoms with E-state index in [1.807, 2.05) is 6.20 Å². The fourth-order valence-electron chi connectivity index (χ4n) is 2.42. The number of piperidine rings is 1. The average molecular weight is 253 g/mol. The molecule has 1 aromatic heterocycles. The molecule has 1 fully saturated rings. The molecule has 1 aliphatic heterocycles. The molecule has 96 valence electrons. The third-order valence-electron chi connectivity index (χ3n) is 4.34. The van der Waals surface area contributed by atoms with E-state index in [2.05, 4.69) is 30.7 Å². The SMILES string of the molecule is CC(C)C1(C)CCN(Cc2cnc(N)s2)CC1. The summed E-state index contributed by atoms with van der Waals surface area (Å²) in [7, 11) is 0. The van der Waals surface area contributed by atoms with E-state index in [9.17, 15) is 0 Å². The summed E-state index contributed by atoms with van der Waals surface area (Å²) in [5.41, 5.74) is 6.19. The summed E-state index contributed by atoms with van der Waals surface area (Å²) in [5, 5.41) is 0.684. The maximum Gasteiger partial charge on any atom is 0.180 e. The highest BCUT2D eigenvalue weighted by Gasteiger charge is 2.32. The normalized spacial score (nSPS) is 20.9. The number of hydrogen-bond acceptors (Lipinski definition) is 4. The predicted octanol–water partition coefficient (Wildman–Crippen LogP) is 2.98. The number of rotatable bonds is 3. The van der Waals surface area contributed by atoms with Crippen molar-refractivity contribution in [2.24, 2.45) is 11.3 Å². The molecule has 17 heavy (non-hydrogen) atoms. The van der Waals surface area contributed by atoms with Gasteiger partial charge in [0.25, 0.3) is 0 Å². The maximum atomic E-state index is 5.66. The number of aromatic nitrogens is 1. The zero-order valence-electron chi connectivity index (χ0n) is 11.1. The van der Waals surface area contributed by atoms with Gasteiger partial charge in [-0.1, -0.05) is 20.8 Å². The van der Waals surface area contributed by atoms with Gasteiger partial charge in [0, 0.05) is 17.6 Å². The molecule has 3 nitrogen and oxygen atoms in total. The van der Waals surface area contributed by atoms with Crippen molar-refractivity contribution in [1.82, 2.24) is 9.88 Å². The van der Waals surface area contributed by atoms with Crippen molar-refractivity contribution in [3.8, 4) is 0 Å². The van der Waals surface area contributed by atoms with Gasteiger partial charge in [-0.2, -0.15) is 0 Å². The van der Waals surface area contributed by atoms with Crippen LogP contribution in [0.5, 0.6) is 0 Å². The standard InChI is InChI=1S/C13H23N3S/c1-10(2)13(3)4-6-16(7-5-13)9-11-8-15-12(14)17-11/h8,10H,4-7,9H2,1-3H3,(H2,14,15). The highest BCUT2D eigenvalue weighted by Crippen LogP contribution is 2.38. The second-order valence-corrected chi connectivity index (χ2v) is 6.90. The first kappa shape index (κ1) is 12.8. The van der Waals surface area contributed by atoms with Gasteiger partial charge < -0.3 is 5.73 Å². The molecule has 0 aromatic carbocycles. The molecule has 0 aliphatic carbocycles. The Balaban J connectivity index is 1.87. The topological polar surface area (TPSA) is 42.2 Å². The molecule has 0 saturated carbocycles. The third-order valence-corrected chi connectivity index (χ3v) is 5.15. The molecule has 2 N–H and O–H groups in total. The van der Waals surface area contributed by atoms with E-state index in [0.717, 1.165) is 12.5 Å². The molecular formula is C13H23N3S. The van der Waals surface area contributed by atoms with E-state index in [1.54, 1.807) is 11.3 Å². The van der Waals surface area contributed by atoms with Crippen LogP contribution in [0, 0.1) is 11.3 Å². The van der Waals surface area contributed by atoms with E-state index < -0.39 is 0 Å². The second kappa shape index (κ2) is 4.94. The van der Waals surface area contributed by atoms with Crippen molar-refractivity contribution in [1.29, 1.82) is 0 Å². The monoisotopic (exact) mass is 253 g/mol. The molecule has 0 bridgehead atoms. The zero-order chi connectivity index (χ0) is 12.5. The first-order valence-corrected chi connectivity index (χ1v) is 7.24. The Bertz CT molecular complexity index is 364. The lowest BCUT2D eigenvalue weighted by atomic mass is 9.72. The van der Waals surface area contributed by atoms with E-state index in [0.29, 0.717) is 10.5 Å². The third kappa shape index (κ3) is 2.99. The highest BCUT2D eigenvalue weighted by molar-refractivity contribution is 7.15. The number of thiazole rings is 1. The molecule has 0 atom stereocenters. The first-order chi connectivity index (χ1) is 7.99. The quantitative estimate of drug-likeness (QED) is 0.900. The van der Waals surface area contributed by atoms with Crippen LogP contribution in [0.1, 0.15) is 38.5 Å². The molecule has 1 saturated heterocycles. The molecule has 0 radical (unpaired) electrons. The van der Waals surface area contributed by atoms with Crippen molar-refractivity contribution < 1.29 is 0 Å². The number of nitrogens with two attached hydrogens (primary N) is 1. The van der Waals surface area contributed by atoms with E-state index >= 15 is 0 Å². The maximum absolute atomic E-state index is 5.66. The number of anilines is 1. The summed E-state index contributed by atoms with van der Waals surface area (Å²) in [6.07, 6.45) is 4.52. The van der Waals surface area contributed by atoms with Crippen molar-refractivity contribution in [3.63, 3.8) is 0 Å². The van der Waals surface area contributed by atoms with Crippen molar-refractivity contribution in [2.45, 2.75) is 40.2 Å². The smallest absolute Gasteiger partial charge is 0.180 e. The highest BCUT2D eigenvalue weighted by atomic mass is 32.1. The molecule has 2 rings (SSSR count). The van der Waals surface area contributed by atoms with Gasteiger partial charge in [-0.15, -0.1) is 11.3 Å². The van der Waals surface area contributed by atoms with Gasteiger partial charge in [-0.25, -0.2) is 4.98 Å². The molecular weight excluding hydrogens is 230 g/mol. The van der Waals surface area contributed by atoms with Gasteiger partial charge in [-0.05, 0) is 37.3 Å². The Morgan fingerprint density at radius 3 is 2.59 bits per heavy atom. The molecule has 0 spiro atoms. The number of nitrogens with zero attached hydrogens (tertiary/aromatic N) is 2. The minimum atomic E-state index is 0.531. The van der Waals surface area contributed by atoms with Gasteiger partial charge in [-0.3, -0.25) is 4.90 Å². The van der Waals surface area contributed by atoms with Crippen LogP contribution in [0.3, 0.4) is 0 Å². The number of likely N-dealkylation sites (tertiary alicyclic amines) is 1. The lowest BCUT2D eigenvalue weighted by molar-refractivity contribution is 0.0748. The van der Waals surface area contributed by atoms with Crippen LogP contribution in [-0.4, -0.2) is 23.0 Å². The fourth-order valence-corrected chi connectivity index (χ4v) is 3.14. The van der Waals surface area contributed by atoms with Crippen LogP contribution in [-0.2, 0) is 6.54 Å². The average Bonchev–Trinajstić information content (AvgIpc) is 2.67. The summed E-state index contributed by atoms with van der Waals surface area (Å²) in [5.74, 6) is 0.781. The first-order valence-electron chi connectivity index (χ1n) is 6.42. The van der Waals surface area contributed by atoms with Crippen LogP contribution in [0.2, 0.25) is 0 Å². The van der Waals surface area contributed by atoms with Crippen LogP contribution in [0.4, 0.5) is 5.13 Å². The lowest BCUT2D eigenvalue weighted by Crippen LogP contribution is -2.40. The minimum Gasteiger partial charge on any atom is -0.375 e. The summed E-state index contributed by atoms with van der Waals surface area (Å²) in [6, 6.07) is 0. The van der Waals surface area contributed by atoms with Gasteiger partial charge in [0.05, 0.1) is 0 Å². The molecule has 0 amide bonds. The number of hydrogen-bond donors (Lipinski definition) is 1. The molecule has 0 unspecified atom stereocenters. The molecule has 4 heteroatoms. The molecule has 2 heterocycles. The van der Waals surface area contributed by atoms with Crippen LogP contribution in [0.25, 0.3) is 0 Å². The van der Waals surface area contributed by atoms with Gasteiger partial charge in [0.2, 0.25) is 0 Å². The van der Waals surface area contributed by atoms with Gasteiger partial charge >= 0.3 is 0 Å². The Kier molecular flexibility index (Phi) is 3.73. The number of nitrogen functional groups attached to an aromatic ring is 1. The van der Waals surface area contributed by atoms with Crippen molar-refractivity contribution in [3.05, 3.63) is 11.1 Å². The van der Waals surface area contributed by atoms with Crippen LogP contribution >= 0.6 is 11.3 Å². The molecule has 1 aliphatic rings. The summed E-state index contributed by atoms with van der Waals surface area (Å²) in [4.78, 5) is 7.92. The summed E-state index contributed by atoms with van der Waals surface area (Å²) >= 11 is 1.61. The van der Waals surface area contributed by atoms with Crippen LogP contribution in [0.15, 0.2) is 6.20 Å². The summed E-state index contributed by atoms with van der Waals surface area (Å²) in [6.45, 7) is 10.5. The predicted molar refractivity (Wildman–Crippen MR) is 74.0 cm³/mol. The Morgan fingerprint density at radius 1 is 1.47 bits per heavy atom.